The average molecular weight is 329 g/mol. The maximum atomic E-state index is 13.9. The van der Waals surface area contributed by atoms with E-state index < -0.39 is 23.6 Å². The van der Waals surface area contributed by atoms with E-state index in [1.54, 1.807) is 0 Å². The second-order valence-electron chi connectivity index (χ2n) is 5.80. The van der Waals surface area contributed by atoms with Gasteiger partial charge in [0.25, 0.3) is 0 Å². The summed E-state index contributed by atoms with van der Waals surface area (Å²) in [6.45, 7) is 0. The molecular formula is C15H15ClF2N2O2. The number of carbonyl (C=O) groups excluding carboxylic acids is 2. The van der Waals surface area contributed by atoms with Crippen molar-refractivity contribution in [3.63, 3.8) is 0 Å². The zero-order valence-corrected chi connectivity index (χ0v) is 12.7. The summed E-state index contributed by atoms with van der Waals surface area (Å²) in [5, 5.41) is 2.43. The smallest absolute Gasteiger partial charge is 0.249 e. The molecule has 0 aromatic heterocycles. The number of anilines is 1. The minimum absolute atomic E-state index is 0.0542. The molecule has 0 unspecified atom stereocenters. The number of likely N-dealkylation sites (N-methyl/N-ethyl adjacent to an activating group) is 1. The van der Waals surface area contributed by atoms with Crippen LogP contribution in [-0.4, -0.2) is 24.9 Å². The number of rotatable bonds is 2. The van der Waals surface area contributed by atoms with Crippen LogP contribution in [0.25, 0.3) is 0 Å². The van der Waals surface area contributed by atoms with Gasteiger partial charge >= 0.3 is 0 Å². The Balaban J connectivity index is 1.86. The molecule has 0 spiro atoms. The van der Waals surface area contributed by atoms with E-state index in [9.17, 15) is 18.4 Å². The van der Waals surface area contributed by atoms with Gasteiger partial charge in [0.1, 0.15) is 17.7 Å². The van der Waals surface area contributed by atoms with Crippen LogP contribution in [0.2, 0.25) is 5.02 Å². The first-order valence-electron chi connectivity index (χ1n) is 7.12. The number of hydrogen-bond donors (Lipinski definition) is 1. The first kappa shape index (κ1) is 15.2. The maximum Gasteiger partial charge on any atom is 0.249 e. The van der Waals surface area contributed by atoms with Crippen molar-refractivity contribution in [2.75, 3.05) is 11.9 Å². The summed E-state index contributed by atoms with van der Waals surface area (Å²) in [7, 11) is 1.39. The molecule has 7 heteroatoms. The number of carbonyl (C=O) groups is 2. The second-order valence-corrected chi connectivity index (χ2v) is 6.21. The molecule has 118 valence electrons. The predicted molar refractivity (Wildman–Crippen MR) is 77.5 cm³/mol. The Hall–Kier alpha value is -1.69. The summed E-state index contributed by atoms with van der Waals surface area (Å²) >= 11 is 5.66. The van der Waals surface area contributed by atoms with E-state index in [1.165, 1.54) is 7.05 Å². The highest BCUT2D eigenvalue weighted by atomic mass is 35.5. The highest BCUT2D eigenvalue weighted by Gasteiger charge is 2.48. The lowest BCUT2D eigenvalue weighted by molar-refractivity contribution is -0.125. The average Bonchev–Trinajstić information content (AvgIpc) is 3.06. The first-order valence-corrected chi connectivity index (χ1v) is 7.50. The van der Waals surface area contributed by atoms with Gasteiger partial charge in [-0.3, -0.25) is 9.59 Å². The van der Waals surface area contributed by atoms with Gasteiger partial charge in [0, 0.05) is 19.0 Å². The number of amides is 2. The van der Waals surface area contributed by atoms with E-state index in [1.807, 2.05) is 0 Å². The third-order valence-electron chi connectivity index (χ3n) is 4.58. The second kappa shape index (κ2) is 5.50. The summed E-state index contributed by atoms with van der Waals surface area (Å²) in [5.74, 6) is -2.47. The molecular weight excluding hydrogens is 314 g/mol. The standard InChI is InChI=1S/C15H15ClF2N2O2/c1-20(12-5-9(16)10(17)6-11(12)18)15(22)13-7-3-2-4-8(7)14(21)19-13/h5-8,13H,2-4H2,1H3,(H,19,21)/t7-,8+,13-/m0/s1. The Labute approximate surface area is 131 Å². The van der Waals surface area contributed by atoms with Crippen LogP contribution in [0.4, 0.5) is 14.5 Å². The fraction of sp³-hybridized carbons (Fsp3) is 0.467. The van der Waals surface area contributed by atoms with Crippen LogP contribution in [0.1, 0.15) is 19.3 Å². The van der Waals surface area contributed by atoms with Crippen LogP contribution in [0.3, 0.4) is 0 Å². The van der Waals surface area contributed by atoms with Crippen molar-refractivity contribution in [2.24, 2.45) is 11.8 Å². The molecule has 1 N–H and O–H groups in total. The van der Waals surface area contributed by atoms with E-state index in [0.717, 1.165) is 30.2 Å². The third kappa shape index (κ3) is 2.35. The van der Waals surface area contributed by atoms with E-state index in [4.69, 9.17) is 11.6 Å². The highest BCUT2D eigenvalue weighted by molar-refractivity contribution is 6.31. The zero-order chi connectivity index (χ0) is 16.0. The number of benzene rings is 1. The molecule has 22 heavy (non-hydrogen) atoms. The quantitative estimate of drug-likeness (QED) is 0.848. The molecule has 4 nitrogen and oxygen atoms in total. The van der Waals surface area contributed by atoms with Crippen LogP contribution in [0.5, 0.6) is 0 Å². The van der Waals surface area contributed by atoms with Gasteiger partial charge in [-0.2, -0.15) is 0 Å². The van der Waals surface area contributed by atoms with Crippen molar-refractivity contribution in [1.29, 1.82) is 0 Å². The van der Waals surface area contributed by atoms with Crippen molar-refractivity contribution >= 4 is 29.1 Å². The summed E-state index contributed by atoms with van der Waals surface area (Å²) in [6, 6.07) is 1.06. The van der Waals surface area contributed by atoms with Gasteiger partial charge in [-0.25, -0.2) is 8.78 Å². The highest BCUT2D eigenvalue weighted by Crippen LogP contribution is 2.39. The molecule has 0 radical (unpaired) electrons. The molecule has 0 bridgehead atoms. The summed E-state index contributed by atoms with van der Waals surface area (Å²) in [4.78, 5) is 25.5. The van der Waals surface area contributed by atoms with Crippen LogP contribution < -0.4 is 10.2 Å². The van der Waals surface area contributed by atoms with Crippen LogP contribution in [0, 0.1) is 23.5 Å². The van der Waals surface area contributed by atoms with Gasteiger partial charge in [0.2, 0.25) is 11.8 Å². The fourth-order valence-electron chi connectivity index (χ4n) is 3.42. The maximum absolute atomic E-state index is 13.9. The Bertz CT molecular complexity index is 653. The molecule has 1 aromatic rings. The largest absolute Gasteiger partial charge is 0.344 e. The Morgan fingerprint density at radius 1 is 1.32 bits per heavy atom. The molecule has 1 aliphatic carbocycles. The number of nitrogens with zero attached hydrogens (tertiary/aromatic N) is 1. The molecule has 2 aliphatic rings. The van der Waals surface area contributed by atoms with Gasteiger partial charge in [-0.15, -0.1) is 0 Å². The minimum Gasteiger partial charge on any atom is -0.344 e. The normalized spacial score (nSPS) is 26.7. The van der Waals surface area contributed by atoms with Crippen molar-refractivity contribution < 1.29 is 18.4 Å². The molecule has 1 saturated carbocycles. The van der Waals surface area contributed by atoms with Crippen molar-refractivity contribution in [1.82, 2.24) is 5.32 Å². The van der Waals surface area contributed by atoms with Gasteiger partial charge in [0.05, 0.1) is 10.7 Å². The Morgan fingerprint density at radius 2 is 2.05 bits per heavy atom. The molecule has 1 aliphatic heterocycles. The van der Waals surface area contributed by atoms with E-state index in [-0.39, 0.29) is 28.5 Å². The summed E-state index contributed by atoms with van der Waals surface area (Å²) < 4.78 is 27.1. The van der Waals surface area contributed by atoms with Crippen LogP contribution in [0.15, 0.2) is 12.1 Å². The fourth-order valence-corrected chi connectivity index (χ4v) is 3.58. The van der Waals surface area contributed by atoms with E-state index >= 15 is 0 Å². The third-order valence-corrected chi connectivity index (χ3v) is 4.87. The predicted octanol–water partition coefficient (Wildman–Crippen LogP) is 2.50. The first-order chi connectivity index (χ1) is 10.4. The van der Waals surface area contributed by atoms with Crippen LogP contribution in [-0.2, 0) is 9.59 Å². The lowest BCUT2D eigenvalue weighted by Crippen LogP contribution is -2.45. The number of halogens is 3. The van der Waals surface area contributed by atoms with Gasteiger partial charge in [0.15, 0.2) is 0 Å². The van der Waals surface area contributed by atoms with Crippen molar-refractivity contribution in [2.45, 2.75) is 25.3 Å². The molecule has 1 saturated heterocycles. The number of hydrogen-bond acceptors (Lipinski definition) is 2. The number of nitrogens with one attached hydrogen (secondary N) is 1. The Morgan fingerprint density at radius 3 is 2.77 bits per heavy atom. The van der Waals surface area contributed by atoms with Crippen molar-refractivity contribution in [3.05, 3.63) is 28.8 Å². The molecule has 1 aromatic carbocycles. The van der Waals surface area contributed by atoms with Gasteiger partial charge < -0.3 is 10.2 Å². The van der Waals surface area contributed by atoms with Crippen molar-refractivity contribution in [3.8, 4) is 0 Å². The molecule has 2 fully saturated rings. The molecule has 3 rings (SSSR count). The van der Waals surface area contributed by atoms with Crippen LogP contribution >= 0.6 is 11.6 Å². The lowest BCUT2D eigenvalue weighted by Gasteiger charge is -2.24. The van der Waals surface area contributed by atoms with E-state index in [2.05, 4.69) is 5.32 Å². The zero-order valence-electron chi connectivity index (χ0n) is 11.9. The molecule has 3 atom stereocenters. The minimum atomic E-state index is -0.881. The van der Waals surface area contributed by atoms with Gasteiger partial charge in [-0.1, -0.05) is 18.0 Å². The molecule has 1 heterocycles. The Kier molecular flexibility index (Phi) is 3.80. The monoisotopic (exact) mass is 328 g/mol. The SMILES string of the molecule is CN(C(=O)[C@H]1NC(=O)[C@@H]2CCC[C@H]12)c1cc(Cl)c(F)cc1F. The number of fused-ring (bicyclic) bond motifs is 1. The molecule has 2 amide bonds. The summed E-state index contributed by atoms with van der Waals surface area (Å²) in [6.07, 6.45) is 2.48. The lowest BCUT2D eigenvalue weighted by atomic mass is 9.93. The van der Waals surface area contributed by atoms with Gasteiger partial charge in [-0.05, 0) is 24.8 Å². The van der Waals surface area contributed by atoms with E-state index in [0.29, 0.717) is 6.07 Å². The summed E-state index contributed by atoms with van der Waals surface area (Å²) in [5.41, 5.74) is -0.105. The topological polar surface area (TPSA) is 49.4 Å².